The Kier molecular flexibility index (Phi) is 2.25. The molecule has 1 aliphatic heterocycles. The lowest BCUT2D eigenvalue weighted by Gasteiger charge is -2.35. The molecule has 0 saturated carbocycles. The number of imidazole rings is 1. The Hall–Kier alpha value is -1.77. The fraction of sp³-hybridized carbons (Fsp3) is 0.438. The summed E-state index contributed by atoms with van der Waals surface area (Å²) in [5.41, 5.74) is 4.56. The second kappa shape index (κ2) is 3.86. The minimum atomic E-state index is 0.205. The molecule has 4 rings (SSSR count). The normalized spacial score (nSPS) is 24.3. The zero-order chi connectivity index (χ0) is 12.9. The molecule has 2 aromatic rings. The number of aromatic nitrogens is 2. The standard InChI is InChI=1S/C16H18N2O/c1-19-13-3-4-14-12(9-13)5-7-16(14)6-2-8-18-11-17-10-15(16)18/h3-4,9-11H,2,5-8H2,1H3. The Labute approximate surface area is 113 Å². The van der Waals surface area contributed by atoms with Gasteiger partial charge in [-0.05, 0) is 48.9 Å². The minimum absolute atomic E-state index is 0.205. The third kappa shape index (κ3) is 1.41. The van der Waals surface area contributed by atoms with Crippen LogP contribution in [0, 0.1) is 0 Å². The number of benzene rings is 1. The van der Waals surface area contributed by atoms with Gasteiger partial charge < -0.3 is 9.30 Å². The SMILES string of the molecule is COc1ccc2c(c1)CCC21CCCn2cncc21. The molecule has 0 fully saturated rings. The monoisotopic (exact) mass is 254 g/mol. The summed E-state index contributed by atoms with van der Waals surface area (Å²) in [6.45, 7) is 1.11. The summed E-state index contributed by atoms with van der Waals surface area (Å²) in [7, 11) is 1.74. The molecule has 0 saturated heterocycles. The van der Waals surface area contributed by atoms with Gasteiger partial charge in [-0.25, -0.2) is 4.98 Å². The summed E-state index contributed by atoms with van der Waals surface area (Å²) in [5, 5.41) is 0. The van der Waals surface area contributed by atoms with Gasteiger partial charge in [0.2, 0.25) is 0 Å². The minimum Gasteiger partial charge on any atom is -0.497 e. The maximum atomic E-state index is 5.35. The van der Waals surface area contributed by atoms with Crippen molar-refractivity contribution in [2.75, 3.05) is 7.11 Å². The molecule has 2 heterocycles. The number of nitrogens with zero attached hydrogens (tertiary/aromatic N) is 2. The average molecular weight is 254 g/mol. The predicted octanol–water partition coefficient (Wildman–Crippen LogP) is 2.92. The van der Waals surface area contributed by atoms with Gasteiger partial charge in [0.25, 0.3) is 0 Å². The summed E-state index contributed by atoms with van der Waals surface area (Å²) in [4.78, 5) is 4.37. The van der Waals surface area contributed by atoms with Crippen molar-refractivity contribution in [2.24, 2.45) is 0 Å². The first-order valence-corrected chi connectivity index (χ1v) is 7.01. The van der Waals surface area contributed by atoms with Crippen LogP contribution >= 0.6 is 0 Å². The molecule has 98 valence electrons. The van der Waals surface area contributed by atoms with Gasteiger partial charge in [0.05, 0.1) is 13.4 Å². The van der Waals surface area contributed by atoms with Crippen molar-refractivity contribution in [3.8, 4) is 5.75 Å². The third-order valence-corrected chi connectivity index (χ3v) is 4.85. The Balaban J connectivity index is 1.89. The van der Waals surface area contributed by atoms with Crippen LogP contribution in [0.4, 0.5) is 0 Å². The average Bonchev–Trinajstić information content (AvgIpc) is 3.05. The van der Waals surface area contributed by atoms with Crippen LogP contribution in [-0.2, 0) is 18.4 Å². The second-order valence-corrected chi connectivity index (χ2v) is 5.68. The molecule has 3 nitrogen and oxygen atoms in total. The van der Waals surface area contributed by atoms with Gasteiger partial charge in [0.15, 0.2) is 0 Å². The van der Waals surface area contributed by atoms with E-state index in [0.717, 1.165) is 18.7 Å². The van der Waals surface area contributed by atoms with Crippen LogP contribution in [0.15, 0.2) is 30.7 Å². The molecule has 1 aliphatic carbocycles. The third-order valence-electron chi connectivity index (χ3n) is 4.85. The van der Waals surface area contributed by atoms with E-state index in [4.69, 9.17) is 4.74 Å². The van der Waals surface area contributed by atoms with Gasteiger partial charge >= 0.3 is 0 Å². The van der Waals surface area contributed by atoms with Crippen LogP contribution in [0.25, 0.3) is 0 Å². The molecule has 0 radical (unpaired) electrons. The van der Waals surface area contributed by atoms with Crippen molar-refractivity contribution in [2.45, 2.75) is 37.6 Å². The zero-order valence-corrected chi connectivity index (χ0v) is 11.2. The molecular weight excluding hydrogens is 236 g/mol. The molecule has 1 unspecified atom stereocenters. The number of methoxy groups -OCH3 is 1. The number of hydrogen-bond acceptors (Lipinski definition) is 2. The summed E-state index contributed by atoms with van der Waals surface area (Å²) >= 11 is 0. The predicted molar refractivity (Wildman–Crippen MR) is 73.6 cm³/mol. The first-order valence-electron chi connectivity index (χ1n) is 7.01. The molecular formula is C16H18N2O. The first-order chi connectivity index (χ1) is 9.33. The van der Waals surface area contributed by atoms with E-state index in [1.54, 1.807) is 7.11 Å². The Morgan fingerprint density at radius 3 is 3.16 bits per heavy atom. The molecule has 3 heteroatoms. The number of hydrogen-bond donors (Lipinski definition) is 0. The van der Waals surface area contributed by atoms with E-state index in [1.807, 2.05) is 6.33 Å². The molecule has 1 atom stereocenters. The highest BCUT2D eigenvalue weighted by Crippen LogP contribution is 2.49. The van der Waals surface area contributed by atoms with E-state index < -0.39 is 0 Å². The van der Waals surface area contributed by atoms with Gasteiger partial charge in [0.1, 0.15) is 5.75 Å². The van der Waals surface area contributed by atoms with E-state index in [0.29, 0.717) is 0 Å². The molecule has 0 amide bonds. The molecule has 1 aromatic heterocycles. The Bertz CT molecular complexity index is 631. The summed E-state index contributed by atoms with van der Waals surface area (Å²) in [6.07, 6.45) is 8.90. The van der Waals surface area contributed by atoms with Crippen molar-refractivity contribution in [1.29, 1.82) is 0 Å². The van der Waals surface area contributed by atoms with E-state index in [-0.39, 0.29) is 5.41 Å². The van der Waals surface area contributed by atoms with Crippen LogP contribution in [0.3, 0.4) is 0 Å². The highest BCUT2D eigenvalue weighted by atomic mass is 16.5. The van der Waals surface area contributed by atoms with Gasteiger partial charge in [-0.15, -0.1) is 0 Å². The smallest absolute Gasteiger partial charge is 0.119 e. The van der Waals surface area contributed by atoms with Crippen molar-refractivity contribution >= 4 is 0 Å². The summed E-state index contributed by atoms with van der Waals surface area (Å²) in [6, 6.07) is 6.57. The van der Waals surface area contributed by atoms with Crippen LogP contribution in [0.2, 0.25) is 0 Å². The second-order valence-electron chi connectivity index (χ2n) is 5.68. The zero-order valence-electron chi connectivity index (χ0n) is 11.2. The van der Waals surface area contributed by atoms with Gasteiger partial charge in [-0.1, -0.05) is 6.07 Å². The lowest BCUT2D eigenvalue weighted by atomic mass is 9.73. The molecule has 0 bridgehead atoms. The molecule has 1 aromatic carbocycles. The topological polar surface area (TPSA) is 27.1 Å². The van der Waals surface area contributed by atoms with Crippen LogP contribution in [0.1, 0.15) is 36.1 Å². The molecule has 1 spiro atoms. The number of aryl methyl sites for hydroxylation is 2. The van der Waals surface area contributed by atoms with E-state index in [9.17, 15) is 0 Å². The summed E-state index contributed by atoms with van der Waals surface area (Å²) < 4.78 is 7.69. The van der Waals surface area contributed by atoms with E-state index in [2.05, 4.69) is 33.9 Å². The Morgan fingerprint density at radius 2 is 2.26 bits per heavy atom. The van der Waals surface area contributed by atoms with Crippen molar-refractivity contribution in [3.63, 3.8) is 0 Å². The number of rotatable bonds is 1. The largest absolute Gasteiger partial charge is 0.497 e. The van der Waals surface area contributed by atoms with Crippen LogP contribution in [-0.4, -0.2) is 16.7 Å². The van der Waals surface area contributed by atoms with Crippen molar-refractivity contribution in [3.05, 3.63) is 47.5 Å². The maximum Gasteiger partial charge on any atom is 0.119 e. The van der Waals surface area contributed by atoms with Crippen LogP contribution < -0.4 is 4.74 Å². The lowest BCUT2D eigenvalue weighted by Crippen LogP contribution is -2.32. The van der Waals surface area contributed by atoms with Crippen molar-refractivity contribution in [1.82, 2.24) is 9.55 Å². The fourth-order valence-corrected chi connectivity index (χ4v) is 3.96. The van der Waals surface area contributed by atoms with Gasteiger partial charge in [-0.3, -0.25) is 0 Å². The highest BCUT2D eigenvalue weighted by molar-refractivity contribution is 5.49. The Morgan fingerprint density at radius 1 is 1.32 bits per heavy atom. The maximum absolute atomic E-state index is 5.35. The fourth-order valence-electron chi connectivity index (χ4n) is 3.96. The quantitative estimate of drug-likeness (QED) is 0.782. The first kappa shape index (κ1) is 11.1. The van der Waals surface area contributed by atoms with E-state index >= 15 is 0 Å². The number of ether oxygens (including phenoxy) is 1. The molecule has 2 aliphatic rings. The molecule has 19 heavy (non-hydrogen) atoms. The number of fused-ring (bicyclic) bond motifs is 4. The molecule has 0 N–H and O–H groups in total. The van der Waals surface area contributed by atoms with E-state index in [1.165, 1.54) is 36.1 Å². The van der Waals surface area contributed by atoms with Crippen molar-refractivity contribution < 1.29 is 4.74 Å². The lowest BCUT2D eigenvalue weighted by molar-refractivity contribution is 0.360. The van der Waals surface area contributed by atoms with Gasteiger partial charge in [-0.2, -0.15) is 0 Å². The van der Waals surface area contributed by atoms with Gasteiger partial charge in [0, 0.05) is 23.9 Å². The highest BCUT2D eigenvalue weighted by Gasteiger charge is 2.43. The summed E-state index contributed by atoms with van der Waals surface area (Å²) in [5.74, 6) is 0.972. The van der Waals surface area contributed by atoms with Crippen LogP contribution in [0.5, 0.6) is 5.75 Å².